The summed E-state index contributed by atoms with van der Waals surface area (Å²) in [7, 11) is 4.16. The predicted molar refractivity (Wildman–Crippen MR) is 193 cm³/mol. The molecule has 0 unspecified atom stereocenters. The van der Waals surface area contributed by atoms with Gasteiger partial charge in [0.1, 0.15) is 18.7 Å². The summed E-state index contributed by atoms with van der Waals surface area (Å²) in [5.74, 6) is -1.05. The Labute approximate surface area is 300 Å². The van der Waals surface area contributed by atoms with E-state index in [1.165, 1.54) is 31.1 Å². The van der Waals surface area contributed by atoms with Gasteiger partial charge in [-0.2, -0.15) is 0 Å². The van der Waals surface area contributed by atoms with E-state index in [-0.39, 0.29) is 36.2 Å². The zero-order valence-electron chi connectivity index (χ0n) is 29.1. The number of phenols is 1. The van der Waals surface area contributed by atoms with Crippen LogP contribution in [0.4, 0.5) is 4.79 Å². The number of H-pyrrole nitrogens is 1. The normalized spacial score (nSPS) is 19.2. The van der Waals surface area contributed by atoms with Gasteiger partial charge in [0, 0.05) is 35.5 Å². The molecule has 3 atom stereocenters. The number of aromatic amines is 1. The van der Waals surface area contributed by atoms with Crippen LogP contribution in [-0.2, 0) is 25.5 Å². The van der Waals surface area contributed by atoms with Crippen LogP contribution in [0.1, 0.15) is 52.7 Å². The van der Waals surface area contributed by atoms with Crippen molar-refractivity contribution < 1.29 is 38.4 Å². The van der Waals surface area contributed by atoms with Crippen molar-refractivity contribution in [1.29, 1.82) is 0 Å². The number of rotatable bonds is 7. The number of ether oxygens (including phenoxy) is 4. The second kappa shape index (κ2) is 13.3. The van der Waals surface area contributed by atoms with Gasteiger partial charge in [-0.3, -0.25) is 9.69 Å². The Morgan fingerprint density at radius 2 is 1.48 bits per heavy atom. The number of amides is 2. The Balaban J connectivity index is 1.16. The lowest BCUT2D eigenvalue weighted by Gasteiger charge is -2.43. The second-order valence-corrected chi connectivity index (χ2v) is 13.4. The summed E-state index contributed by atoms with van der Waals surface area (Å²) in [5.41, 5.74) is 7.38. The quantitative estimate of drug-likeness (QED) is 0.189. The average Bonchev–Trinajstić information content (AvgIpc) is 3.90. The molecule has 2 amide bonds. The number of para-hydroxylation sites is 1. The Morgan fingerprint density at radius 1 is 0.846 bits per heavy atom. The first kappa shape index (κ1) is 33.2. The number of phenolic OH excluding ortho intramolecular Hbond substituents is 1. The third kappa shape index (κ3) is 5.30. The van der Waals surface area contributed by atoms with Crippen LogP contribution >= 0.6 is 0 Å². The van der Waals surface area contributed by atoms with Gasteiger partial charge in [0.2, 0.25) is 11.7 Å². The molecule has 1 aliphatic carbocycles. The predicted octanol–water partition coefficient (Wildman–Crippen LogP) is 6.32. The first-order chi connectivity index (χ1) is 25.3. The molecule has 2 aliphatic heterocycles. The van der Waals surface area contributed by atoms with E-state index in [4.69, 9.17) is 18.9 Å². The number of hydrogen-bond donors (Lipinski definition) is 2. The Kier molecular flexibility index (Phi) is 8.49. The molecule has 52 heavy (non-hydrogen) atoms. The number of fused-ring (bicyclic) bond motifs is 6. The number of likely N-dealkylation sites (tertiary alicyclic amines) is 1. The van der Waals surface area contributed by atoms with Crippen molar-refractivity contribution in [3.05, 3.63) is 113 Å². The van der Waals surface area contributed by atoms with E-state index in [0.29, 0.717) is 30.6 Å². The Morgan fingerprint density at radius 3 is 2.13 bits per heavy atom. The van der Waals surface area contributed by atoms with Crippen molar-refractivity contribution in [2.45, 2.75) is 43.3 Å². The summed E-state index contributed by atoms with van der Waals surface area (Å²) < 4.78 is 22.4. The number of nitrogens with one attached hydrogen (secondary N) is 1. The van der Waals surface area contributed by atoms with Gasteiger partial charge < -0.3 is 33.9 Å². The van der Waals surface area contributed by atoms with Crippen LogP contribution in [0.15, 0.2) is 84.9 Å². The molecule has 5 aromatic rings. The third-order valence-corrected chi connectivity index (χ3v) is 10.8. The van der Waals surface area contributed by atoms with Gasteiger partial charge in [-0.25, -0.2) is 9.59 Å². The van der Waals surface area contributed by atoms with Gasteiger partial charge in [-0.05, 0) is 64.4 Å². The number of carbonyl (C=O) groups is 3. The summed E-state index contributed by atoms with van der Waals surface area (Å²) >= 11 is 0. The first-order valence-corrected chi connectivity index (χ1v) is 17.4. The van der Waals surface area contributed by atoms with E-state index in [1.54, 1.807) is 12.1 Å². The number of carbonyl (C=O) groups excluding carboxylic acids is 3. The molecule has 1 aromatic heterocycles. The molecule has 266 valence electrons. The van der Waals surface area contributed by atoms with Gasteiger partial charge in [-0.15, -0.1) is 0 Å². The van der Waals surface area contributed by atoms with E-state index in [0.717, 1.165) is 38.7 Å². The van der Waals surface area contributed by atoms with Crippen LogP contribution in [0.2, 0.25) is 0 Å². The van der Waals surface area contributed by atoms with Crippen LogP contribution in [0.3, 0.4) is 0 Å². The van der Waals surface area contributed by atoms with Crippen molar-refractivity contribution in [2.75, 3.05) is 34.5 Å². The summed E-state index contributed by atoms with van der Waals surface area (Å²) in [6.07, 6.45) is 0.584. The molecule has 4 aromatic carbocycles. The molecular weight excluding hydrogens is 662 g/mol. The third-order valence-electron chi connectivity index (χ3n) is 10.8. The largest absolute Gasteiger partial charge is 0.502 e. The number of methoxy groups -OCH3 is 3. The Hall–Kier alpha value is -5.97. The summed E-state index contributed by atoms with van der Waals surface area (Å²) in [6.45, 7) is 0.444. The van der Waals surface area contributed by atoms with Crippen LogP contribution in [0.5, 0.6) is 17.2 Å². The number of aromatic hydroxyl groups is 1. The number of aromatic nitrogens is 1. The van der Waals surface area contributed by atoms with E-state index in [1.807, 2.05) is 48.5 Å². The molecule has 0 saturated carbocycles. The zero-order chi connectivity index (χ0) is 36.1. The SMILES string of the molecule is COC(=O)[C@@H]1Cc2c([nH]c3ccccc23)[C@@H](c2cc(OC)c(O)c(OC)c2)N1C(=O)[C@@H]1CCCN1C(=O)OCC1c2ccccc2-c2ccccc21. The highest BCUT2D eigenvalue weighted by Gasteiger charge is 2.49. The van der Waals surface area contributed by atoms with Crippen LogP contribution < -0.4 is 9.47 Å². The zero-order valence-corrected chi connectivity index (χ0v) is 29.1. The first-order valence-electron chi connectivity index (χ1n) is 17.4. The highest BCUT2D eigenvalue weighted by Crippen LogP contribution is 2.47. The van der Waals surface area contributed by atoms with Crippen molar-refractivity contribution >= 4 is 28.9 Å². The maximum absolute atomic E-state index is 15.1. The van der Waals surface area contributed by atoms with E-state index >= 15 is 4.79 Å². The lowest BCUT2D eigenvalue weighted by Crippen LogP contribution is -2.57. The standard InChI is InChI=1S/C41H39N3O8/c1-49-34-19-23(20-35(50-2)38(34)45)37-36-29(28-15-8-9-16-31(28)42-36)21-33(40(47)51-3)44(37)39(46)32-17-10-18-43(32)41(48)52-22-30-26-13-6-4-11-24(26)25-12-5-7-14-27(25)30/h4-9,11-16,19-20,30,32-33,37,42,45H,10,17-18,21-22H2,1-3H3/t32-,33-,37+/m0/s1. The Bertz CT molecular complexity index is 2140. The number of benzene rings is 4. The average molecular weight is 702 g/mol. The maximum atomic E-state index is 15.1. The minimum Gasteiger partial charge on any atom is -0.502 e. The number of hydrogen-bond acceptors (Lipinski definition) is 8. The maximum Gasteiger partial charge on any atom is 0.410 e. The highest BCUT2D eigenvalue weighted by atomic mass is 16.6. The fraction of sp³-hybridized carbons (Fsp3) is 0.293. The molecule has 0 spiro atoms. The molecule has 3 heterocycles. The van der Waals surface area contributed by atoms with Gasteiger partial charge in [-0.1, -0.05) is 66.7 Å². The van der Waals surface area contributed by atoms with Crippen LogP contribution in [0.25, 0.3) is 22.0 Å². The topological polar surface area (TPSA) is 131 Å². The van der Waals surface area contributed by atoms with E-state index in [9.17, 15) is 14.7 Å². The summed E-state index contributed by atoms with van der Waals surface area (Å²) in [6, 6.07) is 24.5. The lowest BCUT2D eigenvalue weighted by atomic mass is 9.87. The molecule has 2 N–H and O–H groups in total. The van der Waals surface area contributed by atoms with Crippen LogP contribution in [0, 0.1) is 0 Å². The molecule has 8 rings (SSSR count). The lowest BCUT2D eigenvalue weighted by molar-refractivity contribution is -0.157. The van der Waals surface area contributed by atoms with Crippen molar-refractivity contribution in [2.24, 2.45) is 0 Å². The van der Waals surface area contributed by atoms with Crippen LogP contribution in [-0.4, -0.2) is 84.4 Å². The highest BCUT2D eigenvalue weighted by molar-refractivity contribution is 5.94. The molecule has 11 heteroatoms. The number of nitrogens with zero attached hydrogens (tertiary/aromatic N) is 2. The smallest absolute Gasteiger partial charge is 0.410 e. The molecular formula is C41H39N3O8. The van der Waals surface area contributed by atoms with Gasteiger partial charge >= 0.3 is 12.1 Å². The minimum absolute atomic E-state index is 0.118. The molecule has 1 fully saturated rings. The van der Waals surface area contributed by atoms with Gasteiger partial charge in [0.15, 0.2) is 11.5 Å². The minimum atomic E-state index is -1.02. The fourth-order valence-electron chi connectivity index (χ4n) is 8.39. The molecule has 0 radical (unpaired) electrons. The monoisotopic (exact) mass is 701 g/mol. The summed E-state index contributed by atoms with van der Waals surface area (Å²) in [4.78, 5) is 49.2. The molecule has 3 aliphatic rings. The number of esters is 1. The fourth-order valence-corrected chi connectivity index (χ4v) is 8.39. The molecule has 0 bridgehead atoms. The van der Waals surface area contributed by atoms with E-state index in [2.05, 4.69) is 29.2 Å². The van der Waals surface area contributed by atoms with Gasteiger partial charge in [0.25, 0.3) is 0 Å². The second-order valence-electron chi connectivity index (χ2n) is 13.4. The molecule has 1 saturated heterocycles. The van der Waals surface area contributed by atoms with Crippen molar-refractivity contribution in [3.63, 3.8) is 0 Å². The van der Waals surface area contributed by atoms with Crippen molar-refractivity contribution in [1.82, 2.24) is 14.8 Å². The summed E-state index contributed by atoms with van der Waals surface area (Å²) in [5, 5.41) is 11.7. The molecule has 11 nitrogen and oxygen atoms in total. The van der Waals surface area contributed by atoms with Gasteiger partial charge in [0.05, 0.1) is 27.4 Å². The van der Waals surface area contributed by atoms with E-state index < -0.39 is 36.1 Å². The van der Waals surface area contributed by atoms with Crippen molar-refractivity contribution in [3.8, 4) is 28.4 Å².